The SMILES string of the molecule is CC(=O)NC(C)C(=O)NNC(=O)S.NNC(=O)S.[H-].[K+]. The summed E-state index contributed by atoms with van der Waals surface area (Å²) in [5.74, 6) is 3.66. The second-order valence-corrected chi connectivity index (χ2v) is 3.60. The van der Waals surface area contributed by atoms with Crippen LogP contribution in [0.3, 0.4) is 0 Å². The van der Waals surface area contributed by atoms with Gasteiger partial charge >= 0.3 is 51.4 Å². The summed E-state index contributed by atoms with van der Waals surface area (Å²) in [5.41, 5.74) is 5.78. The topological polar surface area (TPSA) is 142 Å². The summed E-state index contributed by atoms with van der Waals surface area (Å²) in [4.78, 5) is 41.2. The molecule has 9 nitrogen and oxygen atoms in total. The molecule has 0 aliphatic carbocycles. The van der Waals surface area contributed by atoms with Crippen molar-refractivity contribution in [3.05, 3.63) is 0 Å². The number of carbonyl (C=O) groups excluding carboxylic acids is 4. The maximum atomic E-state index is 11.0. The first kappa shape index (κ1) is 24.2. The molecule has 19 heavy (non-hydrogen) atoms. The van der Waals surface area contributed by atoms with Crippen LogP contribution in [0.4, 0.5) is 9.59 Å². The largest absolute Gasteiger partial charge is 1.00 e. The number of nitrogens with one attached hydrogen (secondary N) is 4. The van der Waals surface area contributed by atoms with E-state index in [0.717, 1.165) is 0 Å². The average molecular weight is 337 g/mol. The van der Waals surface area contributed by atoms with Gasteiger partial charge in [0.05, 0.1) is 0 Å². The Morgan fingerprint density at radius 2 is 1.53 bits per heavy atom. The molecule has 0 saturated heterocycles. The van der Waals surface area contributed by atoms with Gasteiger partial charge in [-0.15, -0.1) is 0 Å². The number of nitrogens with two attached hydrogens (primary N) is 1. The molecule has 0 spiro atoms. The fraction of sp³-hybridized carbons (Fsp3) is 0.429. The molecule has 0 rings (SSSR count). The van der Waals surface area contributed by atoms with Gasteiger partial charge in [0, 0.05) is 6.92 Å². The first-order valence-electron chi connectivity index (χ1n) is 4.46. The normalized spacial score (nSPS) is 9.53. The van der Waals surface area contributed by atoms with E-state index in [9.17, 15) is 19.2 Å². The second kappa shape index (κ2) is 14.6. The summed E-state index contributed by atoms with van der Waals surface area (Å²) in [5, 5.41) is 1.14. The molecule has 0 fully saturated rings. The Bertz CT molecular complexity index is 336. The van der Waals surface area contributed by atoms with E-state index in [2.05, 4.69) is 41.8 Å². The van der Waals surface area contributed by atoms with Crippen LogP contribution in [0.2, 0.25) is 0 Å². The maximum Gasteiger partial charge on any atom is 1.00 e. The van der Waals surface area contributed by atoms with Gasteiger partial charge < -0.3 is 6.74 Å². The zero-order chi connectivity index (χ0) is 14.7. The van der Waals surface area contributed by atoms with Crippen LogP contribution in [-0.2, 0) is 9.59 Å². The molecule has 106 valence electrons. The molecule has 0 saturated carbocycles. The van der Waals surface area contributed by atoms with Crippen LogP contribution < -0.4 is 78.8 Å². The number of hydrogen-bond acceptors (Lipinski definition) is 5. The Kier molecular flexibility index (Phi) is 18.6. The van der Waals surface area contributed by atoms with E-state index in [1.54, 1.807) is 5.43 Å². The molecule has 6 N–H and O–H groups in total. The van der Waals surface area contributed by atoms with Crippen LogP contribution in [0.5, 0.6) is 0 Å². The Labute approximate surface area is 165 Å². The van der Waals surface area contributed by atoms with Crippen molar-refractivity contribution in [2.45, 2.75) is 19.9 Å². The summed E-state index contributed by atoms with van der Waals surface area (Å²) < 4.78 is 0. The fourth-order valence-electron chi connectivity index (χ4n) is 0.594. The third kappa shape index (κ3) is 20.7. The van der Waals surface area contributed by atoms with E-state index in [1.807, 2.05) is 5.43 Å². The molecule has 1 unspecified atom stereocenters. The van der Waals surface area contributed by atoms with Crippen molar-refractivity contribution in [1.29, 1.82) is 0 Å². The minimum atomic E-state index is -0.697. The summed E-state index contributed by atoms with van der Waals surface area (Å²) in [6.07, 6.45) is 0. The Balaban J connectivity index is -0.000000158. The van der Waals surface area contributed by atoms with E-state index >= 15 is 0 Å². The van der Waals surface area contributed by atoms with Crippen molar-refractivity contribution in [1.82, 2.24) is 21.6 Å². The smallest absolute Gasteiger partial charge is 1.00 e. The molecular weight excluding hydrogens is 321 g/mol. The molecule has 0 aliphatic rings. The monoisotopic (exact) mass is 337 g/mol. The first-order valence-corrected chi connectivity index (χ1v) is 5.35. The van der Waals surface area contributed by atoms with E-state index in [0.29, 0.717) is 0 Å². The van der Waals surface area contributed by atoms with Gasteiger partial charge in [-0.2, -0.15) is 0 Å². The third-order valence-electron chi connectivity index (χ3n) is 1.23. The van der Waals surface area contributed by atoms with Crippen LogP contribution in [0, 0.1) is 0 Å². The molecule has 1 atom stereocenters. The Morgan fingerprint density at radius 1 is 1.11 bits per heavy atom. The Hall–Kier alpha value is 0.176. The molecule has 0 aliphatic heterocycles. The quantitative estimate of drug-likeness (QED) is 0.0899. The van der Waals surface area contributed by atoms with Crippen LogP contribution in [0.15, 0.2) is 0 Å². The van der Waals surface area contributed by atoms with Crippen molar-refractivity contribution >= 4 is 47.6 Å². The van der Waals surface area contributed by atoms with Gasteiger partial charge in [-0.1, -0.05) is 25.3 Å². The van der Waals surface area contributed by atoms with Gasteiger partial charge in [-0.05, 0) is 6.92 Å². The maximum absolute atomic E-state index is 11.0. The number of amides is 4. The minimum Gasteiger partial charge on any atom is -1.00 e. The average Bonchev–Trinajstić information content (AvgIpc) is 2.25. The van der Waals surface area contributed by atoms with Crippen LogP contribution in [0.1, 0.15) is 15.3 Å². The predicted octanol–water partition coefficient (Wildman–Crippen LogP) is -4.20. The summed E-state index contributed by atoms with van der Waals surface area (Å²) >= 11 is 6.58. The summed E-state index contributed by atoms with van der Waals surface area (Å²) in [6.45, 7) is 2.78. The second-order valence-electron chi connectivity index (χ2n) is 2.79. The van der Waals surface area contributed by atoms with Gasteiger partial charge in [0.25, 0.3) is 16.4 Å². The number of thiol groups is 2. The number of rotatable bonds is 2. The van der Waals surface area contributed by atoms with E-state index < -0.39 is 22.4 Å². The molecule has 0 aromatic rings. The van der Waals surface area contributed by atoms with E-state index in [-0.39, 0.29) is 58.7 Å². The van der Waals surface area contributed by atoms with Crippen molar-refractivity contribution in [3.63, 3.8) is 0 Å². The molecule has 4 amide bonds. The molecule has 12 heteroatoms. The van der Waals surface area contributed by atoms with Gasteiger partial charge in [0.2, 0.25) is 5.91 Å². The number of carbonyl (C=O) groups is 4. The fourth-order valence-corrected chi connectivity index (χ4v) is 0.650. The van der Waals surface area contributed by atoms with Gasteiger partial charge in [0.1, 0.15) is 6.04 Å². The van der Waals surface area contributed by atoms with E-state index in [4.69, 9.17) is 0 Å². The van der Waals surface area contributed by atoms with Gasteiger partial charge in [-0.3, -0.25) is 35.5 Å². The summed E-state index contributed by atoms with van der Waals surface area (Å²) in [7, 11) is 0. The predicted molar refractivity (Wildman–Crippen MR) is 71.8 cm³/mol. The van der Waals surface area contributed by atoms with E-state index in [1.165, 1.54) is 13.8 Å². The van der Waals surface area contributed by atoms with Gasteiger partial charge in [-0.25, -0.2) is 5.84 Å². The van der Waals surface area contributed by atoms with Crippen LogP contribution in [0.25, 0.3) is 0 Å². The first-order chi connectivity index (χ1) is 8.20. The Morgan fingerprint density at radius 3 is 1.79 bits per heavy atom. The van der Waals surface area contributed by atoms with Crippen molar-refractivity contribution in [2.24, 2.45) is 5.84 Å². The zero-order valence-electron chi connectivity index (χ0n) is 11.7. The molecule has 0 bridgehead atoms. The number of hydrazine groups is 2. The molecule has 0 aromatic carbocycles. The molecule has 0 aromatic heterocycles. The van der Waals surface area contributed by atoms with Crippen molar-refractivity contribution < 1.29 is 72.0 Å². The molecule has 0 radical (unpaired) electrons. The minimum absolute atomic E-state index is 0. The molecular formula is C7H16KN5O4S2. The molecule has 0 heterocycles. The van der Waals surface area contributed by atoms with Crippen molar-refractivity contribution in [2.75, 3.05) is 0 Å². The van der Waals surface area contributed by atoms with Gasteiger partial charge in [0.15, 0.2) is 0 Å². The summed E-state index contributed by atoms with van der Waals surface area (Å²) in [6, 6.07) is -0.697. The third-order valence-corrected chi connectivity index (χ3v) is 1.47. The van der Waals surface area contributed by atoms with Crippen LogP contribution >= 0.6 is 25.3 Å². The standard InChI is InChI=1S/C6H11N3O3S.CH4N2OS.K.H/c1-3(7-4(2)10)5(11)8-9-6(12)13;2-3-1(4)5;;/h3H,1-2H3,(H,7,10)(H,8,11)(H2,9,12,13);2H2,(H2,3,4,5);;/q;;+1;-1. The number of hydrogen-bond donors (Lipinski definition) is 7. The van der Waals surface area contributed by atoms with Crippen LogP contribution in [-0.4, -0.2) is 28.3 Å². The zero-order valence-corrected chi connectivity index (χ0v) is 15.6. The van der Waals surface area contributed by atoms with Crippen molar-refractivity contribution in [3.8, 4) is 0 Å².